The van der Waals surface area contributed by atoms with Gasteiger partial charge in [-0.15, -0.1) is 24.8 Å². The third kappa shape index (κ3) is 5.10. The maximum Gasteiger partial charge on any atom is 0.178 e. The molecule has 2 N–H and O–H groups in total. The molecule has 6 nitrogen and oxygen atoms in total. The van der Waals surface area contributed by atoms with Gasteiger partial charge in [-0.05, 0) is 57.3 Å². The van der Waals surface area contributed by atoms with E-state index in [0.29, 0.717) is 0 Å². The lowest BCUT2D eigenvalue weighted by Gasteiger charge is -2.18. The fourth-order valence-corrected chi connectivity index (χ4v) is 3.55. The SMILES string of the molecule is CCN(CC)CCCNc1ncnc2cc3c(cc12)[nH]c(=S)n3CC.Cl.Cl. The Morgan fingerprint density at radius 3 is 2.56 bits per heavy atom. The smallest absolute Gasteiger partial charge is 0.178 e. The van der Waals surface area contributed by atoms with Crippen molar-refractivity contribution in [2.24, 2.45) is 0 Å². The third-order valence-corrected chi connectivity index (χ3v) is 5.01. The Balaban J connectivity index is 0.00000182. The highest BCUT2D eigenvalue weighted by Crippen LogP contribution is 2.25. The first kappa shape index (κ1) is 23.6. The fraction of sp³-hybridized carbons (Fsp3) is 0.500. The van der Waals surface area contributed by atoms with Crippen molar-refractivity contribution in [3.8, 4) is 0 Å². The molecule has 0 amide bonds. The zero-order valence-corrected chi connectivity index (χ0v) is 18.4. The number of aromatic amines is 1. The van der Waals surface area contributed by atoms with E-state index in [-0.39, 0.29) is 24.8 Å². The predicted molar refractivity (Wildman–Crippen MR) is 121 cm³/mol. The molecule has 27 heavy (non-hydrogen) atoms. The van der Waals surface area contributed by atoms with E-state index in [1.165, 1.54) is 0 Å². The van der Waals surface area contributed by atoms with Crippen molar-refractivity contribution in [1.29, 1.82) is 0 Å². The van der Waals surface area contributed by atoms with E-state index in [1.807, 2.05) is 0 Å². The Bertz CT molecular complexity index is 919. The molecule has 0 aliphatic heterocycles. The molecule has 0 aliphatic carbocycles. The number of nitrogens with one attached hydrogen (secondary N) is 2. The van der Waals surface area contributed by atoms with Crippen molar-refractivity contribution in [2.45, 2.75) is 33.7 Å². The molecular weight excluding hydrogens is 403 g/mol. The maximum absolute atomic E-state index is 5.41. The van der Waals surface area contributed by atoms with Gasteiger partial charge in [-0.1, -0.05) is 13.8 Å². The standard InChI is InChI=1S/C18H26N6S.2ClH/c1-4-23(5-2)9-7-8-19-17-13-10-15-16(11-14(13)20-12-21-17)24(6-3)18(25)22-15;;/h10-12H,4-9H2,1-3H3,(H,22,25)(H,19,20,21);2*1H. The van der Waals surface area contributed by atoms with Crippen molar-refractivity contribution in [3.63, 3.8) is 0 Å². The zero-order valence-electron chi connectivity index (χ0n) is 16.0. The van der Waals surface area contributed by atoms with E-state index >= 15 is 0 Å². The lowest BCUT2D eigenvalue weighted by Crippen LogP contribution is -2.25. The number of fused-ring (bicyclic) bond motifs is 2. The second kappa shape index (κ2) is 10.8. The minimum atomic E-state index is 0. The first-order valence-electron chi connectivity index (χ1n) is 9.01. The average molecular weight is 431 g/mol. The minimum Gasteiger partial charge on any atom is -0.369 e. The quantitative estimate of drug-likeness (QED) is 0.402. The van der Waals surface area contributed by atoms with E-state index in [4.69, 9.17) is 12.2 Å². The van der Waals surface area contributed by atoms with Crippen LogP contribution in [0.1, 0.15) is 27.2 Å². The highest BCUT2D eigenvalue weighted by molar-refractivity contribution is 7.71. The monoisotopic (exact) mass is 430 g/mol. The van der Waals surface area contributed by atoms with Crippen LogP contribution in [-0.4, -0.2) is 50.6 Å². The molecule has 0 saturated heterocycles. The average Bonchev–Trinajstić information content (AvgIpc) is 2.94. The largest absolute Gasteiger partial charge is 0.369 e. The first-order chi connectivity index (χ1) is 12.2. The highest BCUT2D eigenvalue weighted by atomic mass is 35.5. The van der Waals surface area contributed by atoms with E-state index in [1.54, 1.807) is 6.33 Å². The van der Waals surface area contributed by atoms with Crippen LogP contribution in [0.15, 0.2) is 18.5 Å². The molecular formula is C18H28Cl2N6S. The lowest BCUT2D eigenvalue weighted by molar-refractivity contribution is 0.303. The summed E-state index contributed by atoms with van der Waals surface area (Å²) in [6.45, 7) is 11.5. The molecule has 0 aliphatic rings. The van der Waals surface area contributed by atoms with Crippen LogP contribution in [0.3, 0.4) is 0 Å². The molecule has 0 atom stereocenters. The summed E-state index contributed by atoms with van der Waals surface area (Å²) < 4.78 is 2.83. The van der Waals surface area contributed by atoms with Gasteiger partial charge in [0, 0.05) is 18.5 Å². The minimum absolute atomic E-state index is 0. The molecule has 0 saturated carbocycles. The van der Waals surface area contributed by atoms with Crippen LogP contribution < -0.4 is 5.32 Å². The summed E-state index contributed by atoms with van der Waals surface area (Å²) in [6, 6.07) is 4.18. The summed E-state index contributed by atoms with van der Waals surface area (Å²) in [4.78, 5) is 14.6. The molecule has 2 heterocycles. The van der Waals surface area contributed by atoms with Crippen LogP contribution in [0.4, 0.5) is 5.82 Å². The topological polar surface area (TPSA) is 61.8 Å². The molecule has 0 fully saturated rings. The van der Waals surface area contributed by atoms with Crippen LogP contribution in [0.5, 0.6) is 0 Å². The second-order valence-electron chi connectivity index (χ2n) is 6.09. The number of H-pyrrole nitrogens is 1. The predicted octanol–water partition coefficient (Wildman–Crippen LogP) is 4.65. The van der Waals surface area contributed by atoms with Crippen molar-refractivity contribution in [1.82, 2.24) is 24.4 Å². The van der Waals surface area contributed by atoms with Crippen LogP contribution in [0.25, 0.3) is 21.9 Å². The second-order valence-corrected chi connectivity index (χ2v) is 6.48. The molecule has 0 bridgehead atoms. The maximum atomic E-state index is 5.41. The Kier molecular flexibility index (Phi) is 9.45. The molecule has 2 aromatic heterocycles. The van der Waals surface area contributed by atoms with Gasteiger partial charge >= 0.3 is 0 Å². The number of hydrogen-bond donors (Lipinski definition) is 2. The van der Waals surface area contributed by atoms with Crippen LogP contribution in [0, 0.1) is 4.77 Å². The summed E-state index contributed by atoms with van der Waals surface area (Å²) in [5.74, 6) is 0.884. The van der Waals surface area contributed by atoms with Crippen molar-refractivity contribution in [3.05, 3.63) is 23.2 Å². The van der Waals surface area contributed by atoms with E-state index in [2.05, 4.69) is 62.6 Å². The van der Waals surface area contributed by atoms with Gasteiger partial charge in [-0.3, -0.25) is 0 Å². The molecule has 0 radical (unpaired) electrons. The van der Waals surface area contributed by atoms with Gasteiger partial charge < -0.3 is 19.8 Å². The molecule has 150 valence electrons. The van der Waals surface area contributed by atoms with Crippen LogP contribution >= 0.6 is 37.0 Å². The number of halogens is 2. The molecule has 1 aromatic carbocycles. The Morgan fingerprint density at radius 1 is 1.15 bits per heavy atom. The molecule has 3 rings (SSSR count). The third-order valence-electron chi connectivity index (χ3n) is 4.68. The van der Waals surface area contributed by atoms with E-state index in [9.17, 15) is 0 Å². The number of aromatic nitrogens is 4. The Labute approximate surface area is 177 Å². The first-order valence-corrected chi connectivity index (χ1v) is 9.42. The summed E-state index contributed by atoms with van der Waals surface area (Å²) in [6.07, 6.45) is 2.71. The van der Waals surface area contributed by atoms with Crippen LogP contribution in [0.2, 0.25) is 0 Å². The van der Waals surface area contributed by atoms with Crippen molar-refractivity contribution < 1.29 is 0 Å². The van der Waals surface area contributed by atoms with Gasteiger partial charge in [-0.2, -0.15) is 0 Å². The molecule has 0 unspecified atom stereocenters. The zero-order chi connectivity index (χ0) is 17.8. The summed E-state index contributed by atoms with van der Waals surface area (Å²) in [7, 11) is 0. The van der Waals surface area contributed by atoms with E-state index in [0.717, 1.165) is 71.7 Å². The van der Waals surface area contributed by atoms with Gasteiger partial charge in [0.15, 0.2) is 4.77 Å². The fourth-order valence-electron chi connectivity index (χ4n) is 3.21. The van der Waals surface area contributed by atoms with E-state index < -0.39 is 0 Å². The normalized spacial score (nSPS) is 10.8. The number of imidazole rings is 1. The number of nitrogens with zero attached hydrogens (tertiary/aromatic N) is 4. The Hall–Kier alpha value is -1.41. The number of rotatable bonds is 8. The number of benzene rings is 1. The van der Waals surface area contributed by atoms with Gasteiger partial charge in [0.1, 0.15) is 12.1 Å². The molecule has 3 aromatic rings. The summed E-state index contributed by atoms with van der Waals surface area (Å²) in [5.41, 5.74) is 3.05. The van der Waals surface area contributed by atoms with Crippen LogP contribution in [-0.2, 0) is 6.54 Å². The number of anilines is 1. The Morgan fingerprint density at radius 2 is 1.89 bits per heavy atom. The number of hydrogen-bond acceptors (Lipinski definition) is 5. The number of aryl methyl sites for hydroxylation is 1. The van der Waals surface area contributed by atoms with Gasteiger partial charge in [0.05, 0.1) is 16.6 Å². The van der Waals surface area contributed by atoms with Gasteiger partial charge in [0.25, 0.3) is 0 Å². The lowest BCUT2D eigenvalue weighted by atomic mass is 10.2. The van der Waals surface area contributed by atoms with Gasteiger partial charge in [-0.25, -0.2) is 9.97 Å². The van der Waals surface area contributed by atoms with Crippen molar-refractivity contribution in [2.75, 3.05) is 31.5 Å². The molecule has 0 spiro atoms. The van der Waals surface area contributed by atoms with Crippen molar-refractivity contribution >= 4 is 64.8 Å². The van der Waals surface area contributed by atoms with Gasteiger partial charge in [0.2, 0.25) is 0 Å². The summed E-state index contributed by atoms with van der Waals surface area (Å²) >= 11 is 5.41. The summed E-state index contributed by atoms with van der Waals surface area (Å²) in [5, 5.41) is 4.49. The molecule has 9 heteroatoms. The highest BCUT2D eigenvalue weighted by Gasteiger charge is 2.09.